The van der Waals surface area contributed by atoms with Crippen LogP contribution >= 0.6 is 11.6 Å². The molecule has 1 unspecified atom stereocenters. The number of ether oxygens (including phenoxy) is 1. The molecule has 2 N–H and O–H groups in total. The molecule has 1 aliphatic rings. The van der Waals surface area contributed by atoms with Crippen molar-refractivity contribution in [1.82, 2.24) is 0 Å². The molecule has 0 saturated carbocycles. The third kappa shape index (κ3) is 3.38. The molecule has 2 nitrogen and oxygen atoms in total. The summed E-state index contributed by atoms with van der Waals surface area (Å²) >= 11 is 5.51. The Labute approximate surface area is 77.8 Å². The van der Waals surface area contributed by atoms with Crippen LogP contribution in [0.4, 0.5) is 13.2 Å². The zero-order chi connectivity index (χ0) is 10.1. The summed E-state index contributed by atoms with van der Waals surface area (Å²) in [6.07, 6.45) is -1.02. The van der Waals surface area contributed by atoms with Crippen LogP contribution in [0.25, 0.3) is 0 Å². The Morgan fingerprint density at radius 2 is 2.15 bits per heavy atom. The maximum Gasteiger partial charge on any atom is 0.524 e. The first-order chi connectivity index (χ1) is 5.81. The van der Waals surface area contributed by atoms with Gasteiger partial charge in [0.05, 0.1) is 0 Å². The maximum absolute atomic E-state index is 11.8. The monoisotopic (exact) mass is 213 g/mol. The van der Waals surface area contributed by atoms with Gasteiger partial charge in [-0.05, 0) is 12.2 Å². The lowest BCUT2D eigenvalue weighted by Crippen LogP contribution is -2.45. The van der Waals surface area contributed by atoms with Gasteiger partial charge < -0.3 is 0 Å². The van der Waals surface area contributed by atoms with Gasteiger partial charge in [-0.3, -0.25) is 10.5 Å². The number of nitrogens with two attached hydrogens (primary N) is 1. The Morgan fingerprint density at radius 3 is 2.62 bits per heavy atom. The molecule has 0 bridgehead atoms. The second-order valence-electron chi connectivity index (χ2n) is 2.65. The molecule has 0 aromatic rings. The van der Waals surface area contributed by atoms with E-state index in [0.29, 0.717) is 0 Å². The number of allylic oxidation sites excluding steroid dienone is 2. The van der Waals surface area contributed by atoms with E-state index in [1.165, 1.54) is 12.2 Å². The van der Waals surface area contributed by atoms with Crippen LogP contribution in [-0.2, 0) is 4.74 Å². The van der Waals surface area contributed by atoms with E-state index in [9.17, 15) is 13.2 Å². The van der Waals surface area contributed by atoms with Crippen LogP contribution in [0, 0.1) is 0 Å². The van der Waals surface area contributed by atoms with Gasteiger partial charge in [0.25, 0.3) is 0 Å². The molecule has 0 amide bonds. The maximum atomic E-state index is 11.8. The number of rotatable bonds is 1. The summed E-state index contributed by atoms with van der Waals surface area (Å²) < 4.78 is 39.1. The van der Waals surface area contributed by atoms with Gasteiger partial charge in [0.15, 0.2) is 5.72 Å². The molecule has 0 saturated heterocycles. The SMILES string of the molecule is NC1(OC(F)(F)F)C=CC=C(Cl)C1. The summed E-state index contributed by atoms with van der Waals surface area (Å²) in [5.74, 6) is 0. The molecular formula is C7H7ClF3NO. The van der Waals surface area contributed by atoms with E-state index in [0.717, 1.165) is 6.08 Å². The third-order valence-electron chi connectivity index (χ3n) is 1.41. The van der Waals surface area contributed by atoms with Gasteiger partial charge in [0.1, 0.15) is 0 Å². The average molecular weight is 214 g/mol. The van der Waals surface area contributed by atoms with Gasteiger partial charge in [0, 0.05) is 11.5 Å². The van der Waals surface area contributed by atoms with Crippen LogP contribution in [0.2, 0.25) is 0 Å². The first-order valence-electron chi connectivity index (χ1n) is 3.40. The van der Waals surface area contributed by atoms with Gasteiger partial charge in [-0.25, -0.2) is 0 Å². The minimum atomic E-state index is -4.76. The van der Waals surface area contributed by atoms with Crippen molar-refractivity contribution in [3.8, 4) is 0 Å². The van der Waals surface area contributed by atoms with Gasteiger partial charge in [-0.1, -0.05) is 17.7 Å². The van der Waals surface area contributed by atoms with Crippen LogP contribution in [0.15, 0.2) is 23.3 Å². The predicted octanol–water partition coefficient (Wildman–Crippen LogP) is 2.26. The van der Waals surface area contributed by atoms with Crippen LogP contribution in [0.5, 0.6) is 0 Å². The fourth-order valence-electron chi connectivity index (χ4n) is 0.983. The van der Waals surface area contributed by atoms with E-state index in [2.05, 4.69) is 4.74 Å². The molecule has 0 aromatic carbocycles. The van der Waals surface area contributed by atoms with Crippen LogP contribution < -0.4 is 5.73 Å². The van der Waals surface area contributed by atoms with Gasteiger partial charge in [-0.2, -0.15) is 0 Å². The van der Waals surface area contributed by atoms with E-state index in [1.807, 2.05) is 0 Å². The Kier molecular flexibility index (Phi) is 2.70. The van der Waals surface area contributed by atoms with Crippen molar-refractivity contribution in [3.05, 3.63) is 23.3 Å². The van der Waals surface area contributed by atoms with E-state index in [4.69, 9.17) is 17.3 Å². The molecule has 0 spiro atoms. The second-order valence-corrected chi connectivity index (χ2v) is 3.14. The standard InChI is InChI=1S/C7H7ClF3NO/c8-5-2-1-3-6(12,4-5)13-7(9,10)11/h1-3H,4,12H2. The number of alkyl halides is 3. The smallest absolute Gasteiger partial charge is 0.299 e. The quantitative estimate of drug-likeness (QED) is 0.678. The first kappa shape index (κ1) is 10.6. The molecule has 6 heteroatoms. The summed E-state index contributed by atoms with van der Waals surface area (Å²) in [5.41, 5.74) is 3.41. The summed E-state index contributed by atoms with van der Waals surface area (Å²) in [7, 11) is 0. The van der Waals surface area contributed by atoms with Gasteiger partial charge in [0.2, 0.25) is 0 Å². The van der Waals surface area contributed by atoms with Crippen molar-refractivity contribution in [2.24, 2.45) is 5.73 Å². The van der Waals surface area contributed by atoms with Gasteiger partial charge >= 0.3 is 6.36 Å². The molecular weight excluding hydrogens is 207 g/mol. The zero-order valence-electron chi connectivity index (χ0n) is 6.44. The van der Waals surface area contributed by atoms with Crippen LogP contribution in [0.3, 0.4) is 0 Å². The molecule has 0 radical (unpaired) electrons. The van der Waals surface area contributed by atoms with E-state index in [-0.39, 0.29) is 11.5 Å². The largest absolute Gasteiger partial charge is 0.524 e. The molecule has 0 fully saturated rings. The van der Waals surface area contributed by atoms with Crippen molar-refractivity contribution < 1.29 is 17.9 Å². The highest BCUT2D eigenvalue weighted by Gasteiger charge is 2.40. The first-order valence-corrected chi connectivity index (χ1v) is 3.78. The summed E-state index contributed by atoms with van der Waals surface area (Å²) in [6.45, 7) is 0. The molecule has 0 aromatic heterocycles. The average Bonchev–Trinajstić information content (AvgIpc) is 1.79. The fourth-order valence-corrected chi connectivity index (χ4v) is 1.26. The Hall–Kier alpha value is -0.520. The zero-order valence-corrected chi connectivity index (χ0v) is 7.19. The van der Waals surface area contributed by atoms with E-state index < -0.39 is 12.1 Å². The molecule has 13 heavy (non-hydrogen) atoms. The van der Waals surface area contributed by atoms with Crippen LogP contribution in [-0.4, -0.2) is 12.1 Å². The molecule has 1 aliphatic carbocycles. The van der Waals surface area contributed by atoms with E-state index in [1.54, 1.807) is 0 Å². The second kappa shape index (κ2) is 3.32. The summed E-state index contributed by atoms with van der Waals surface area (Å²) in [5, 5.41) is 0.231. The predicted molar refractivity (Wildman–Crippen MR) is 41.8 cm³/mol. The molecule has 1 rings (SSSR count). The van der Waals surface area contributed by atoms with Gasteiger partial charge in [-0.15, -0.1) is 13.2 Å². The third-order valence-corrected chi connectivity index (χ3v) is 1.67. The number of hydrogen-bond donors (Lipinski definition) is 1. The molecule has 0 heterocycles. The number of halogens is 4. The molecule has 1 atom stereocenters. The van der Waals surface area contributed by atoms with Crippen molar-refractivity contribution in [2.75, 3.05) is 0 Å². The van der Waals surface area contributed by atoms with Crippen molar-refractivity contribution in [1.29, 1.82) is 0 Å². The summed E-state index contributed by atoms with van der Waals surface area (Å²) in [6, 6.07) is 0. The lowest BCUT2D eigenvalue weighted by Gasteiger charge is -2.28. The highest BCUT2D eigenvalue weighted by molar-refractivity contribution is 6.29. The van der Waals surface area contributed by atoms with Crippen LogP contribution in [0.1, 0.15) is 6.42 Å². The Balaban J connectivity index is 2.69. The highest BCUT2D eigenvalue weighted by Crippen LogP contribution is 2.30. The lowest BCUT2D eigenvalue weighted by molar-refractivity contribution is -0.357. The normalized spacial score (nSPS) is 28.8. The fraction of sp³-hybridized carbons (Fsp3) is 0.429. The Bertz CT molecular complexity index is 261. The topological polar surface area (TPSA) is 35.2 Å². The lowest BCUT2D eigenvalue weighted by atomic mass is 10.1. The minimum absolute atomic E-state index is 0.176. The highest BCUT2D eigenvalue weighted by atomic mass is 35.5. The molecule has 0 aliphatic heterocycles. The summed E-state index contributed by atoms with van der Waals surface area (Å²) in [4.78, 5) is 0. The van der Waals surface area contributed by atoms with Crippen molar-refractivity contribution >= 4 is 11.6 Å². The number of hydrogen-bond acceptors (Lipinski definition) is 2. The minimum Gasteiger partial charge on any atom is -0.299 e. The van der Waals surface area contributed by atoms with Crippen molar-refractivity contribution in [2.45, 2.75) is 18.5 Å². The molecule has 74 valence electrons. The van der Waals surface area contributed by atoms with E-state index >= 15 is 0 Å². The Morgan fingerprint density at radius 1 is 1.54 bits per heavy atom. The van der Waals surface area contributed by atoms with Crippen molar-refractivity contribution in [3.63, 3.8) is 0 Å².